The van der Waals surface area contributed by atoms with Gasteiger partial charge in [-0.2, -0.15) is 0 Å². The summed E-state index contributed by atoms with van der Waals surface area (Å²) < 4.78 is 19.4. The summed E-state index contributed by atoms with van der Waals surface area (Å²) in [4.78, 5) is 16.7. The van der Waals surface area contributed by atoms with E-state index in [1.807, 2.05) is 0 Å². The molecule has 4 rings (SSSR count). The number of nitrogens with zero attached hydrogens (tertiary/aromatic N) is 2. The fourth-order valence-corrected chi connectivity index (χ4v) is 4.42. The minimum Gasteiger partial charge on any atom is -0.363 e. The van der Waals surface area contributed by atoms with Crippen LogP contribution in [0.25, 0.3) is 0 Å². The monoisotopic (exact) mass is 396 g/mol. The maximum Gasteiger partial charge on any atom is 0.253 e. The Labute approximate surface area is 172 Å². The van der Waals surface area contributed by atoms with Crippen LogP contribution < -0.4 is 4.90 Å². The van der Waals surface area contributed by atoms with Crippen LogP contribution in [-0.4, -0.2) is 42.6 Å². The lowest BCUT2D eigenvalue weighted by atomic mass is 9.92. The van der Waals surface area contributed by atoms with Crippen molar-refractivity contribution >= 4 is 11.6 Å². The van der Waals surface area contributed by atoms with Gasteiger partial charge in [-0.3, -0.25) is 9.69 Å². The van der Waals surface area contributed by atoms with Gasteiger partial charge in [0.25, 0.3) is 5.91 Å². The van der Waals surface area contributed by atoms with Gasteiger partial charge >= 0.3 is 0 Å². The zero-order valence-corrected chi connectivity index (χ0v) is 17.3. The lowest BCUT2D eigenvalue weighted by Gasteiger charge is -2.42. The lowest BCUT2D eigenvalue weighted by Crippen LogP contribution is -2.55. The zero-order valence-electron chi connectivity index (χ0n) is 17.3. The number of carbonyl (C=O) groups excluding carboxylic acids is 1. The van der Waals surface area contributed by atoms with Gasteiger partial charge in [0.2, 0.25) is 0 Å². The molecule has 2 fully saturated rings. The normalized spacial score (nSPS) is 23.4. The molecule has 0 bridgehead atoms. The number of carbonyl (C=O) groups is 1. The third-order valence-corrected chi connectivity index (χ3v) is 6.36. The van der Waals surface area contributed by atoms with E-state index in [9.17, 15) is 9.18 Å². The number of hydrogen-bond donors (Lipinski definition) is 0. The van der Waals surface area contributed by atoms with Crippen LogP contribution in [0.3, 0.4) is 0 Å². The minimum absolute atomic E-state index is 0.0570. The van der Waals surface area contributed by atoms with Crippen molar-refractivity contribution in [1.82, 2.24) is 4.90 Å². The Kier molecular flexibility index (Phi) is 5.70. The molecule has 2 saturated heterocycles. The van der Waals surface area contributed by atoms with E-state index in [2.05, 4.69) is 36.9 Å². The quantitative estimate of drug-likeness (QED) is 0.778. The highest BCUT2D eigenvalue weighted by atomic mass is 19.1. The minimum atomic E-state index is -0.319. The summed E-state index contributed by atoms with van der Waals surface area (Å²) in [7, 11) is 0. The van der Waals surface area contributed by atoms with E-state index in [1.54, 1.807) is 17.0 Å². The molecule has 1 unspecified atom stereocenters. The van der Waals surface area contributed by atoms with Crippen molar-refractivity contribution in [2.24, 2.45) is 0 Å². The second-order valence-electron chi connectivity index (χ2n) is 8.48. The van der Waals surface area contributed by atoms with E-state index in [1.165, 1.54) is 28.8 Å². The second-order valence-corrected chi connectivity index (χ2v) is 8.48. The number of ether oxygens (including phenoxy) is 1. The van der Waals surface area contributed by atoms with Gasteiger partial charge < -0.3 is 9.64 Å². The molecule has 1 spiro atoms. The molecule has 154 valence electrons. The highest BCUT2D eigenvalue weighted by Gasteiger charge is 2.41. The molecule has 2 aliphatic heterocycles. The van der Waals surface area contributed by atoms with Gasteiger partial charge in [0, 0.05) is 18.8 Å². The highest BCUT2D eigenvalue weighted by molar-refractivity contribution is 5.95. The number of likely N-dealkylation sites (tertiary alicyclic amines) is 1. The molecule has 1 atom stereocenters. The Morgan fingerprint density at radius 3 is 2.59 bits per heavy atom. The molecule has 0 saturated carbocycles. The second kappa shape index (κ2) is 8.25. The van der Waals surface area contributed by atoms with Gasteiger partial charge in [-0.25, -0.2) is 4.39 Å². The maximum atomic E-state index is 13.3. The largest absolute Gasteiger partial charge is 0.363 e. The van der Waals surface area contributed by atoms with E-state index in [0.29, 0.717) is 6.54 Å². The molecule has 2 aromatic rings. The molecule has 2 heterocycles. The molecule has 1 amide bonds. The Balaban J connectivity index is 1.44. The number of benzene rings is 2. The van der Waals surface area contributed by atoms with Gasteiger partial charge in [0.05, 0.1) is 12.1 Å². The van der Waals surface area contributed by atoms with Gasteiger partial charge in [-0.05, 0) is 80.6 Å². The number of morpholine rings is 1. The van der Waals surface area contributed by atoms with Crippen molar-refractivity contribution in [2.45, 2.75) is 45.3 Å². The molecule has 0 aliphatic carbocycles. The standard InChI is InChI=1S/C24H29FN2O2/c1-18-4-5-20(14-19(18)2)15-26-12-3-10-24(11-13-26)17-27(23(28)16-29-24)22-8-6-21(25)7-9-22/h4-9,14H,3,10-13,15-17H2,1-2H3. The van der Waals surface area contributed by atoms with E-state index in [4.69, 9.17) is 4.74 Å². The summed E-state index contributed by atoms with van der Waals surface area (Å²) in [6.45, 7) is 7.85. The number of amides is 1. The smallest absolute Gasteiger partial charge is 0.253 e. The first-order valence-electron chi connectivity index (χ1n) is 10.4. The van der Waals surface area contributed by atoms with Crippen LogP contribution >= 0.6 is 0 Å². The number of halogens is 1. The first kappa shape index (κ1) is 20.0. The Morgan fingerprint density at radius 2 is 1.83 bits per heavy atom. The molecule has 0 N–H and O–H groups in total. The predicted octanol–water partition coefficient (Wildman–Crippen LogP) is 4.23. The number of anilines is 1. The van der Waals surface area contributed by atoms with Crippen molar-refractivity contribution in [2.75, 3.05) is 31.1 Å². The van der Waals surface area contributed by atoms with Crippen LogP contribution in [0.4, 0.5) is 10.1 Å². The van der Waals surface area contributed by atoms with Gasteiger partial charge in [0.1, 0.15) is 12.4 Å². The SMILES string of the molecule is Cc1ccc(CN2CCCC3(CC2)CN(c2ccc(F)cc2)C(=O)CO3)cc1C. The Morgan fingerprint density at radius 1 is 1.03 bits per heavy atom. The third kappa shape index (κ3) is 4.51. The van der Waals surface area contributed by atoms with Crippen LogP contribution in [0, 0.1) is 19.7 Å². The van der Waals surface area contributed by atoms with Crippen molar-refractivity contribution < 1.29 is 13.9 Å². The average molecular weight is 397 g/mol. The van der Waals surface area contributed by atoms with Crippen molar-refractivity contribution in [3.05, 3.63) is 65.0 Å². The fourth-order valence-electron chi connectivity index (χ4n) is 4.42. The van der Waals surface area contributed by atoms with Gasteiger partial charge in [-0.1, -0.05) is 18.2 Å². The first-order valence-corrected chi connectivity index (χ1v) is 10.4. The lowest BCUT2D eigenvalue weighted by molar-refractivity contribution is -0.140. The van der Waals surface area contributed by atoms with Crippen LogP contribution in [0.15, 0.2) is 42.5 Å². The van der Waals surface area contributed by atoms with Crippen LogP contribution in [0.1, 0.15) is 36.0 Å². The molecule has 0 radical (unpaired) electrons. The van der Waals surface area contributed by atoms with Crippen molar-refractivity contribution in [1.29, 1.82) is 0 Å². The molecule has 5 heteroatoms. The number of rotatable bonds is 3. The summed E-state index contributed by atoms with van der Waals surface area (Å²) in [5.41, 5.74) is 4.43. The van der Waals surface area contributed by atoms with Crippen molar-refractivity contribution in [3.63, 3.8) is 0 Å². The van der Waals surface area contributed by atoms with Crippen LogP contribution in [-0.2, 0) is 16.1 Å². The molecule has 4 nitrogen and oxygen atoms in total. The number of hydrogen-bond acceptors (Lipinski definition) is 3. The van der Waals surface area contributed by atoms with E-state index < -0.39 is 0 Å². The third-order valence-electron chi connectivity index (χ3n) is 6.36. The topological polar surface area (TPSA) is 32.8 Å². The molecule has 2 aromatic carbocycles. The summed E-state index contributed by atoms with van der Waals surface area (Å²) in [5, 5.41) is 0. The Bertz CT molecular complexity index is 883. The number of aryl methyl sites for hydroxylation is 2. The molecule has 29 heavy (non-hydrogen) atoms. The zero-order chi connectivity index (χ0) is 20.4. The first-order chi connectivity index (χ1) is 13.9. The molecular weight excluding hydrogens is 367 g/mol. The predicted molar refractivity (Wildman–Crippen MR) is 112 cm³/mol. The summed E-state index contributed by atoms with van der Waals surface area (Å²) in [6, 6.07) is 12.9. The van der Waals surface area contributed by atoms with E-state index >= 15 is 0 Å². The molecular formula is C24H29FN2O2. The summed E-state index contributed by atoms with van der Waals surface area (Å²) in [5.74, 6) is -0.348. The summed E-state index contributed by atoms with van der Waals surface area (Å²) in [6.07, 6.45) is 2.86. The fraction of sp³-hybridized carbons (Fsp3) is 0.458. The van der Waals surface area contributed by atoms with Crippen LogP contribution in [0.2, 0.25) is 0 Å². The summed E-state index contributed by atoms with van der Waals surface area (Å²) >= 11 is 0. The molecule has 2 aliphatic rings. The van der Waals surface area contributed by atoms with Gasteiger partial charge in [-0.15, -0.1) is 0 Å². The van der Waals surface area contributed by atoms with Gasteiger partial charge in [0.15, 0.2) is 0 Å². The van der Waals surface area contributed by atoms with Crippen LogP contribution in [0.5, 0.6) is 0 Å². The van der Waals surface area contributed by atoms with E-state index in [-0.39, 0.29) is 23.9 Å². The van der Waals surface area contributed by atoms with Crippen molar-refractivity contribution in [3.8, 4) is 0 Å². The average Bonchev–Trinajstić information content (AvgIpc) is 2.90. The maximum absolute atomic E-state index is 13.3. The Hall–Kier alpha value is -2.24. The highest BCUT2D eigenvalue weighted by Crippen LogP contribution is 2.33. The molecule has 0 aromatic heterocycles. The van der Waals surface area contributed by atoms with E-state index in [0.717, 1.165) is 44.6 Å².